The number of aryl methyl sites for hydroxylation is 3. The Balaban J connectivity index is 1.59. The molecule has 1 heterocycles. The van der Waals surface area contributed by atoms with E-state index < -0.39 is 0 Å². The van der Waals surface area contributed by atoms with Crippen LogP contribution in [0.25, 0.3) is 0 Å². The highest BCUT2D eigenvalue weighted by atomic mass is 32.2. The van der Waals surface area contributed by atoms with Crippen LogP contribution in [-0.2, 0) is 11.8 Å². The van der Waals surface area contributed by atoms with Crippen LogP contribution in [0, 0.1) is 20.8 Å². The number of nitrogens with zero attached hydrogens (tertiary/aromatic N) is 3. The number of amides is 1. The lowest BCUT2D eigenvalue weighted by molar-refractivity contribution is -0.113. The molecule has 0 saturated heterocycles. The Hall–Kier alpha value is -2.80. The lowest BCUT2D eigenvalue weighted by atomic mass is 10.1. The van der Waals surface area contributed by atoms with Crippen LogP contribution in [0.15, 0.2) is 47.6 Å². The van der Waals surface area contributed by atoms with Crippen LogP contribution < -0.4 is 10.1 Å². The number of anilines is 1. The Bertz CT molecular complexity index is 1020. The van der Waals surface area contributed by atoms with Crippen molar-refractivity contribution in [3.8, 4) is 5.75 Å². The van der Waals surface area contributed by atoms with Gasteiger partial charge in [-0.15, -0.1) is 10.2 Å². The summed E-state index contributed by atoms with van der Waals surface area (Å²) in [7, 11) is 1.88. The number of rotatable bonds is 7. The van der Waals surface area contributed by atoms with Crippen molar-refractivity contribution in [2.24, 2.45) is 7.05 Å². The average Bonchev–Trinajstić information content (AvgIpc) is 3.03. The van der Waals surface area contributed by atoms with Gasteiger partial charge in [0.2, 0.25) is 5.91 Å². The van der Waals surface area contributed by atoms with Gasteiger partial charge in [-0.2, -0.15) is 0 Å². The normalized spacial score (nSPS) is 11.9. The van der Waals surface area contributed by atoms with Gasteiger partial charge in [-0.1, -0.05) is 41.6 Å². The van der Waals surface area contributed by atoms with Crippen LogP contribution in [0.2, 0.25) is 0 Å². The van der Waals surface area contributed by atoms with Crippen LogP contribution in [0.1, 0.15) is 35.5 Å². The summed E-state index contributed by atoms with van der Waals surface area (Å²) < 4.78 is 7.86. The summed E-state index contributed by atoms with van der Waals surface area (Å²) in [5.74, 6) is 1.69. The lowest BCUT2D eigenvalue weighted by Gasteiger charge is -2.14. The number of thioether (sulfide) groups is 1. The molecule has 29 heavy (non-hydrogen) atoms. The topological polar surface area (TPSA) is 69.0 Å². The number of carbonyl (C=O) groups excluding carboxylic acids is 1. The van der Waals surface area contributed by atoms with Gasteiger partial charge >= 0.3 is 0 Å². The molecule has 7 heteroatoms. The third-order valence-corrected chi connectivity index (χ3v) is 5.54. The van der Waals surface area contributed by atoms with Crippen molar-refractivity contribution >= 4 is 23.4 Å². The van der Waals surface area contributed by atoms with E-state index in [4.69, 9.17) is 4.74 Å². The first-order chi connectivity index (χ1) is 13.8. The van der Waals surface area contributed by atoms with Gasteiger partial charge in [-0.25, -0.2) is 0 Å². The summed E-state index contributed by atoms with van der Waals surface area (Å²) >= 11 is 1.35. The zero-order valence-electron chi connectivity index (χ0n) is 17.4. The van der Waals surface area contributed by atoms with E-state index in [-0.39, 0.29) is 17.8 Å². The molecule has 1 N–H and O–H groups in total. The fourth-order valence-corrected chi connectivity index (χ4v) is 3.74. The van der Waals surface area contributed by atoms with Crippen molar-refractivity contribution in [3.63, 3.8) is 0 Å². The van der Waals surface area contributed by atoms with Gasteiger partial charge in [0.25, 0.3) is 0 Å². The molecule has 1 atom stereocenters. The van der Waals surface area contributed by atoms with Crippen molar-refractivity contribution in [3.05, 3.63) is 65.0 Å². The number of hydrogen-bond acceptors (Lipinski definition) is 5. The molecule has 0 radical (unpaired) electrons. The first kappa shape index (κ1) is 20.9. The molecule has 0 aliphatic rings. The molecule has 0 aliphatic heterocycles. The smallest absolute Gasteiger partial charge is 0.234 e. The van der Waals surface area contributed by atoms with E-state index in [9.17, 15) is 4.79 Å². The third-order valence-electron chi connectivity index (χ3n) is 4.52. The lowest BCUT2D eigenvalue weighted by Crippen LogP contribution is -2.15. The molecule has 0 fully saturated rings. The first-order valence-corrected chi connectivity index (χ1v) is 10.4. The van der Waals surface area contributed by atoms with Crippen LogP contribution in [0.4, 0.5) is 5.69 Å². The Kier molecular flexibility index (Phi) is 6.59. The highest BCUT2D eigenvalue weighted by Gasteiger charge is 2.18. The van der Waals surface area contributed by atoms with Crippen LogP contribution >= 0.6 is 11.8 Å². The highest BCUT2D eigenvalue weighted by molar-refractivity contribution is 7.99. The number of nitrogens with one attached hydrogen (secondary N) is 1. The molecular formula is C22H26N4O2S. The number of hydrogen-bond donors (Lipinski definition) is 1. The Morgan fingerprint density at radius 3 is 2.62 bits per heavy atom. The second-order valence-corrected chi connectivity index (χ2v) is 8.07. The van der Waals surface area contributed by atoms with Gasteiger partial charge in [0, 0.05) is 12.7 Å². The van der Waals surface area contributed by atoms with Gasteiger partial charge in [-0.05, 0) is 57.0 Å². The minimum absolute atomic E-state index is 0.0736. The largest absolute Gasteiger partial charge is 0.483 e. The highest BCUT2D eigenvalue weighted by Crippen LogP contribution is 2.24. The minimum Gasteiger partial charge on any atom is -0.483 e. The first-order valence-electron chi connectivity index (χ1n) is 9.46. The van der Waals surface area contributed by atoms with Gasteiger partial charge in [0.05, 0.1) is 5.75 Å². The summed E-state index contributed by atoms with van der Waals surface area (Å²) in [5, 5.41) is 12.1. The minimum atomic E-state index is -0.257. The van der Waals surface area contributed by atoms with Gasteiger partial charge in [0.15, 0.2) is 17.1 Å². The van der Waals surface area contributed by atoms with E-state index >= 15 is 0 Å². The molecule has 0 saturated carbocycles. The van der Waals surface area contributed by atoms with Crippen LogP contribution in [0.5, 0.6) is 5.75 Å². The molecule has 1 aromatic heterocycles. The maximum Gasteiger partial charge on any atom is 0.234 e. The van der Waals surface area contributed by atoms with E-state index in [1.165, 1.54) is 17.3 Å². The summed E-state index contributed by atoms with van der Waals surface area (Å²) in [6.07, 6.45) is -0.257. The van der Waals surface area contributed by atoms with E-state index in [1.807, 2.05) is 81.8 Å². The predicted octanol–water partition coefficient (Wildman–Crippen LogP) is 4.61. The number of aromatic nitrogens is 3. The summed E-state index contributed by atoms with van der Waals surface area (Å²) in [4.78, 5) is 12.3. The SMILES string of the molecule is Cc1cccc(OC(C)c2nnc(SCC(=O)Nc3ccc(C)cc3C)n2C)c1. The molecule has 152 valence electrons. The van der Waals surface area contributed by atoms with Crippen molar-refractivity contribution < 1.29 is 9.53 Å². The van der Waals surface area contributed by atoms with Gasteiger partial charge in [0.1, 0.15) is 5.75 Å². The van der Waals surface area contributed by atoms with Gasteiger partial charge in [-0.3, -0.25) is 4.79 Å². The molecule has 0 spiro atoms. The molecular weight excluding hydrogens is 384 g/mol. The molecule has 3 rings (SSSR count). The zero-order chi connectivity index (χ0) is 21.0. The maximum absolute atomic E-state index is 12.3. The summed E-state index contributed by atoms with van der Waals surface area (Å²) in [6.45, 7) is 7.98. The summed E-state index contributed by atoms with van der Waals surface area (Å²) in [5.41, 5.74) is 4.19. The predicted molar refractivity (Wildman–Crippen MR) is 116 cm³/mol. The fourth-order valence-electron chi connectivity index (χ4n) is 3.02. The second kappa shape index (κ2) is 9.13. The standard InChI is InChI=1S/C22H26N4O2S/c1-14-7-6-8-18(12-14)28-17(4)21-24-25-22(26(21)5)29-13-20(27)23-19-10-9-15(2)11-16(19)3/h6-12,17H,13H2,1-5H3,(H,23,27). The zero-order valence-corrected chi connectivity index (χ0v) is 18.2. The van der Waals surface area contributed by atoms with Gasteiger partial charge < -0.3 is 14.6 Å². The summed E-state index contributed by atoms with van der Waals surface area (Å²) in [6, 6.07) is 13.9. The Morgan fingerprint density at radius 2 is 1.90 bits per heavy atom. The Morgan fingerprint density at radius 1 is 1.14 bits per heavy atom. The molecule has 1 amide bonds. The van der Waals surface area contributed by atoms with E-state index in [2.05, 4.69) is 15.5 Å². The van der Waals surface area contributed by atoms with Crippen molar-refractivity contribution in [2.75, 3.05) is 11.1 Å². The quantitative estimate of drug-likeness (QED) is 0.576. The van der Waals surface area contributed by atoms with Crippen molar-refractivity contribution in [2.45, 2.75) is 39.0 Å². The molecule has 2 aromatic carbocycles. The van der Waals surface area contributed by atoms with E-state index in [0.717, 1.165) is 22.6 Å². The third kappa shape index (κ3) is 5.38. The Labute approximate surface area is 175 Å². The molecule has 6 nitrogen and oxygen atoms in total. The molecule has 0 bridgehead atoms. The van der Waals surface area contributed by atoms with E-state index in [0.29, 0.717) is 11.0 Å². The van der Waals surface area contributed by atoms with Crippen LogP contribution in [-0.4, -0.2) is 26.4 Å². The maximum atomic E-state index is 12.3. The average molecular weight is 411 g/mol. The second-order valence-electron chi connectivity index (χ2n) is 7.13. The number of carbonyl (C=O) groups is 1. The monoisotopic (exact) mass is 410 g/mol. The van der Waals surface area contributed by atoms with Crippen LogP contribution in [0.3, 0.4) is 0 Å². The molecule has 1 unspecified atom stereocenters. The van der Waals surface area contributed by atoms with E-state index in [1.54, 1.807) is 0 Å². The molecule has 3 aromatic rings. The number of ether oxygens (including phenoxy) is 1. The number of benzene rings is 2. The van der Waals surface area contributed by atoms with Crippen molar-refractivity contribution in [1.29, 1.82) is 0 Å². The molecule has 0 aliphatic carbocycles. The fraction of sp³-hybridized carbons (Fsp3) is 0.318. The van der Waals surface area contributed by atoms with Crippen molar-refractivity contribution in [1.82, 2.24) is 14.8 Å².